The lowest BCUT2D eigenvalue weighted by Gasteiger charge is -2.07. The van der Waals surface area contributed by atoms with Crippen molar-refractivity contribution in [2.45, 2.75) is 26.7 Å². The van der Waals surface area contributed by atoms with Crippen LogP contribution in [0.2, 0.25) is 0 Å². The van der Waals surface area contributed by atoms with E-state index in [0.717, 1.165) is 11.4 Å². The lowest BCUT2D eigenvalue weighted by Crippen LogP contribution is -2.05. The molecule has 2 rings (SSSR count). The molecule has 0 saturated carbocycles. The van der Waals surface area contributed by atoms with Crippen molar-refractivity contribution < 1.29 is 4.79 Å². The molecule has 5 heteroatoms. The van der Waals surface area contributed by atoms with E-state index in [1.54, 1.807) is 10.9 Å². The second-order valence-corrected chi connectivity index (χ2v) is 5.83. The molecular formula is C17H22N4O. The van der Waals surface area contributed by atoms with Gasteiger partial charge in [-0.3, -0.25) is 4.79 Å². The molecule has 0 radical (unpaired) electrons. The van der Waals surface area contributed by atoms with Crippen molar-refractivity contribution in [1.29, 1.82) is 0 Å². The average Bonchev–Trinajstić information content (AvgIpc) is 2.86. The monoisotopic (exact) mass is 298 g/mol. The van der Waals surface area contributed by atoms with E-state index >= 15 is 0 Å². The van der Waals surface area contributed by atoms with Gasteiger partial charge in [-0.05, 0) is 30.5 Å². The van der Waals surface area contributed by atoms with Crippen molar-refractivity contribution in [2.75, 3.05) is 14.1 Å². The Morgan fingerprint density at radius 1 is 1.23 bits per heavy atom. The van der Waals surface area contributed by atoms with Gasteiger partial charge in [0, 0.05) is 26.4 Å². The van der Waals surface area contributed by atoms with Crippen molar-refractivity contribution in [3.63, 3.8) is 0 Å². The van der Waals surface area contributed by atoms with Crippen LogP contribution in [-0.2, 0) is 0 Å². The zero-order valence-electron chi connectivity index (χ0n) is 13.7. The molecule has 1 heterocycles. The molecule has 1 aromatic heterocycles. The Kier molecular flexibility index (Phi) is 4.75. The van der Waals surface area contributed by atoms with Gasteiger partial charge in [0.25, 0.3) is 0 Å². The van der Waals surface area contributed by atoms with Gasteiger partial charge in [0.2, 0.25) is 5.78 Å². The number of hydrogen-bond acceptors (Lipinski definition) is 4. The lowest BCUT2D eigenvalue weighted by molar-refractivity contribution is 0.104. The molecule has 116 valence electrons. The Morgan fingerprint density at radius 2 is 1.86 bits per heavy atom. The van der Waals surface area contributed by atoms with Gasteiger partial charge in [0.15, 0.2) is 5.69 Å². The maximum absolute atomic E-state index is 12.1. The van der Waals surface area contributed by atoms with Crippen LogP contribution in [0.5, 0.6) is 0 Å². The fraction of sp³-hybridized carbons (Fsp3) is 0.353. The summed E-state index contributed by atoms with van der Waals surface area (Å²) in [6.45, 7) is 6.17. The van der Waals surface area contributed by atoms with Crippen LogP contribution >= 0.6 is 0 Å². The molecule has 0 fully saturated rings. The van der Waals surface area contributed by atoms with Crippen molar-refractivity contribution in [3.05, 3.63) is 53.5 Å². The number of carbonyl (C=O) groups excluding carboxylic acids is 1. The molecule has 0 amide bonds. The molecule has 0 aliphatic rings. The predicted molar refractivity (Wildman–Crippen MR) is 87.3 cm³/mol. The number of allylic oxidation sites excluding steroid dienone is 1. The lowest BCUT2D eigenvalue weighted by atomic mass is 10.0. The van der Waals surface area contributed by atoms with Crippen LogP contribution in [0.15, 0.2) is 36.5 Å². The van der Waals surface area contributed by atoms with E-state index in [1.165, 1.54) is 11.6 Å². The fourth-order valence-electron chi connectivity index (χ4n) is 2.10. The highest BCUT2D eigenvalue weighted by atomic mass is 16.1. The summed E-state index contributed by atoms with van der Waals surface area (Å²) in [5, 5.41) is 8.13. The van der Waals surface area contributed by atoms with Crippen LogP contribution in [-0.4, -0.2) is 39.8 Å². The highest BCUT2D eigenvalue weighted by Gasteiger charge is 2.15. The van der Waals surface area contributed by atoms with Crippen LogP contribution in [0.4, 0.5) is 0 Å². The van der Waals surface area contributed by atoms with Crippen molar-refractivity contribution in [2.24, 2.45) is 0 Å². The van der Waals surface area contributed by atoms with E-state index in [9.17, 15) is 4.79 Å². The Balaban J connectivity index is 2.29. The third-order valence-corrected chi connectivity index (χ3v) is 3.46. The van der Waals surface area contributed by atoms with E-state index < -0.39 is 0 Å². The fourth-order valence-corrected chi connectivity index (χ4v) is 2.10. The summed E-state index contributed by atoms with van der Waals surface area (Å²) in [5.74, 6) is 0.343. The smallest absolute Gasteiger partial charge is 0.209 e. The first-order valence-corrected chi connectivity index (χ1v) is 7.31. The zero-order valence-corrected chi connectivity index (χ0v) is 13.7. The minimum absolute atomic E-state index is 0.142. The Morgan fingerprint density at radius 3 is 2.41 bits per heavy atom. The summed E-state index contributed by atoms with van der Waals surface area (Å²) in [7, 11) is 3.73. The van der Waals surface area contributed by atoms with Gasteiger partial charge in [-0.15, -0.1) is 5.10 Å². The number of nitrogens with zero attached hydrogens (tertiary/aromatic N) is 4. The molecule has 0 bridgehead atoms. The highest BCUT2D eigenvalue weighted by molar-refractivity contribution is 6.03. The standard InChI is InChI=1S/C17H22N4O/c1-12(2)14-6-8-15(9-7-14)21-13(3)17(18-19-21)16(22)10-11-20(4)5/h6-12H,1-5H3. The molecule has 5 nitrogen and oxygen atoms in total. The van der Waals surface area contributed by atoms with Gasteiger partial charge in [0.1, 0.15) is 0 Å². The van der Waals surface area contributed by atoms with E-state index in [1.807, 2.05) is 38.1 Å². The van der Waals surface area contributed by atoms with Gasteiger partial charge >= 0.3 is 0 Å². The summed E-state index contributed by atoms with van der Waals surface area (Å²) >= 11 is 0. The molecule has 0 saturated heterocycles. The third kappa shape index (κ3) is 3.42. The highest BCUT2D eigenvalue weighted by Crippen LogP contribution is 2.18. The maximum atomic E-state index is 12.1. The molecule has 0 unspecified atom stereocenters. The summed E-state index contributed by atoms with van der Waals surface area (Å²) in [5.41, 5.74) is 3.30. The minimum Gasteiger partial charge on any atom is -0.383 e. The molecular weight excluding hydrogens is 276 g/mol. The molecule has 0 N–H and O–H groups in total. The minimum atomic E-state index is -0.142. The molecule has 0 atom stereocenters. The van der Waals surface area contributed by atoms with E-state index in [-0.39, 0.29) is 5.78 Å². The Hall–Kier alpha value is -2.43. The van der Waals surface area contributed by atoms with Crippen LogP contribution in [0.3, 0.4) is 0 Å². The van der Waals surface area contributed by atoms with Gasteiger partial charge in [-0.1, -0.05) is 31.2 Å². The number of benzene rings is 1. The SMILES string of the molecule is Cc1c(C(=O)C=CN(C)C)nnn1-c1ccc(C(C)C)cc1. The van der Waals surface area contributed by atoms with Crippen LogP contribution in [0, 0.1) is 6.92 Å². The van der Waals surface area contributed by atoms with Crippen molar-refractivity contribution in [3.8, 4) is 5.69 Å². The second kappa shape index (κ2) is 6.56. The Labute approximate surface area is 131 Å². The third-order valence-electron chi connectivity index (χ3n) is 3.46. The molecule has 0 aliphatic carbocycles. The number of carbonyl (C=O) groups is 1. The van der Waals surface area contributed by atoms with Crippen molar-refractivity contribution in [1.82, 2.24) is 19.9 Å². The maximum Gasteiger partial charge on any atom is 0.209 e. The topological polar surface area (TPSA) is 51.0 Å². The van der Waals surface area contributed by atoms with Gasteiger partial charge in [-0.2, -0.15) is 0 Å². The molecule has 1 aromatic carbocycles. The molecule has 0 aliphatic heterocycles. The van der Waals surface area contributed by atoms with E-state index in [0.29, 0.717) is 11.6 Å². The van der Waals surface area contributed by atoms with Gasteiger partial charge < -0.3 is 4.90 Å². The predicted octanol–water partition coefficient (Wildman–Crippen LogP) is 2.96. The molecule has 2 aromatic rings. The second-order valence-electron chi connectivity index (χ2n) is 5.83. The average molecular weight is 298 g/mol. The summed E-state index contributed by atoms with van der Waals surface area (Å²) < 4.78 is 1.70. The largest absolute Gasteiger partial charge is 0.383 e. The van der Waals surface area contributed by atoms with Gasteiger partial charge in [0.05, 0.1) is 11.4 Å². The van der Waals surface area contributed by atoms with E-state index in [4.69, 9.17) is 0 Å². The molecule has 22 heavy (non-hydrogen) atoms. The number of hydrogen-bond donors (Lipinski definition) is 0. The quantitative estimate of drug-likeness (QED) is 0.629. The van der Waals surface area contributed by atoms with E-state index in [2.05, 4.69) is 36.3 Å². The summed E-state index contributed by atoms with van der Waals surface area (Å²) in [6.07, 6.45) is 3.21. The van der Waals surface area contributed by atoms with Crippen LogP contribution in [0.25, 0.3) is 5.69 Å². The number of aromatic nitrogens is 3. The normalized spacial score (nSPS) is 11.4. The first-order valence-electron chi connectivity index (χ1n) is 7.31. The van der Waals surface area contributed by atoms with Gasteiger partial charge in [-0.25, -0.2) is 4.68 Å². The Bertz CT molecular complexity index is 681. The van der Waals surface area contributed by atoms with Crippen LogP contribution in [0.1, 0.15) is 41.5 Å². The first-order chi connectivity index (χ1) is 10.4. The van der Waals surface area contributed by atoms with Crippen LogP contribution < -0.4 is 0 Å². The van der Waals surface area contributed by atoms with Crippen molar-refractivity contribution >= 4 is 5.78 Å². The summed E-state index contributed by atoms with van der Waals surface area (Å²) in [6, 6.07) is 8.16. The summed E-state index contributed by atoms with van der Waals surface area (Å²) in [4.78, 5) is 13.9. The number of rotatable bonds is 5. The first kappa shape index (κ1) is 15.9. The zero-order chi connectivity index (χ0) is 16.3. The molecule has 0 spiro atoms. The number of ketones is 1.